The summed E-state index contributed by atoms with van der Waals surface area (Å²) in [5.74, 6) is -0.904. The fraction of sp³-hybridized carbons (Fsp3) is 0.766. The Morgan fingerprint density at radius 1 is 0.286 bits per heavy atom. The first-order chi connectivity index (χ1) is 34.5. The smallest absolute Gasteiger partial charge is 0.306 e. The van der Waals surface area contributed by atoms with Crippen LogP contribution in [0.15, 0.2) is 72.9 Å². The van der Waals surface area contributed by atoms with E-state index in [0.717, 1.165) is 103 Å². The van der Waals surface area contributed by atoms with Crippen molar-refractivity contribution < 1.29 is 28.6 Å². The van der Waals surface area contributed by atoms with E-state index < -0.39 is 6.10 Å². The van der Waals surface area contributed by atoms with Gasteiger partial charge in [0.15, 0.2) is 6.10 Å². The van der Waals surface area contributed by atoms with Gasteiger partial charge < -0.3 is 14.2 Å². The van der Waals surface area contributed by atoms with Crippen molar-refractivity contribution in [2.45, 2.75) is 303 Å². The Balaban J connectivity index is 4.30. The van der Waals surface area contributed by atoms with Crippen LogP contribution in [0.1, 0.15) is 297 Å². The lowest BCUT2D eigenvalue weighted by Crippen LogP contribution is -2.30. The number of hydrogen-bond donors (Lipinski definition) is 0. The lowest BCUT2D eigenvalue weighted by Gasteiger charge is -2.18. The maximum atomic E-state index is 12.8. The number of rotatable bonds is 54. The molecule has 6 nitrogen and oxygen atoms in total. The van der Waals surface area contributed by atoms with Crippen molar-refractivity contribution >= 4 is 17.9 Å². The minimum absolute atomic E-state index is 0.0852. The van der Waals surface area contributed by atoms with Crippen molar-refractivity contribution in [3.63, 3.8) is 0 Å². The normalized spacial score (nSPS) is 12.6. The monoisotopic (exact) mass is 977 g/mol. The summed E-state index contributed by atoms with van der Waals surface area (Å²) in [5, 5.41) is 0. The SMILES string of the molecule is CCCCC/C=C\C/C=C\CCCCCCCC(=O)OC(COC(=O)CCCCCCC/C=C\CCCCC)COC(=O)CCCCCCCCCCCC/C=C\C/C=C\C/C=C\CCCCCCC. The van der Waals surface area contributed by atoms with Crippen molar-refractivity contribution in [3.05, 3.63) is 72.9 Å². The molecule has 0 aromatic rings. The second-order valence-electron chi connectivity index (χ2n) is 19.9. The molecule has 0 N–H and O–H groups in total. The predicted octanol–water partition coefficient (Wildman–Crippen LogP) is 20.2. The Hall–Kier alpha value is -3.15. The molecule has 1 unspecified atom stereocenters. The van der Waals surface area contributed by atoms with Gasteiger partial charge in [-0.15, -0.1) is 0 Å². The molecule has 0 saturated heterocycles. The van der Waals surface area contributed by atoms with Gasteiger partial charge in [0.05, 0.1) is 0 Å². The second-order valence-corrected chi connectivity index (χ2v) is 19.9. The Bertz CT molecular complexity index is 1310. The molecule has 1 atom stereocenters. The van der Waals surface area contributed by atoms with Crippen LogP contribution >= 0.6 is 0 Å². The fourth-order valence-electron chi connectivity index (χ4n) is 8.36. The van der Waals surface area contributed by atoms with Crippen molar-refractivity contribution in [3.8, 4) is 0 Å². The van der Waals surface area contributed by atoms with Gasteiger partial charge in [0.25, 0.3) is 0 Å². The second kappa shape index (κ2) is 58.4. The van der Waals surface area contributed by atoms with E-state index in [1.807, 2.05) is 0 Å². The molecule has 0 aromatic carbocycles. The third kappa shape index (κ3) is 55.8. The summed E-state index contributed by atoms with van der Waals surface area (Å²) in [5.41, 5.74) is 0. The standard InChI is InChI=1S/C64H112O6/c1-4-7-10-13-16-19-22-25-27-28-29-30-31-32-33-34-35-36-38-39-42-45-48-51-54-57-63(66)69-60-61(59-68-62(65)56-53-50-47-44-41-24-21-18-15-12-9-6-3)70-64(67)58-55-52-49-46-43-40-37-26-23-20-17-14-11-8-5-2/h17-18,20-22,25-26,28-29,31-32,37,61H,4-16,19,23-24,27,30,33-36,38-60H2,1-3H3/b20-17-,21-18-,25-22-,29-28-,32-31-,37-26-. The molecule has 0 aliphatic carbocycles. The minimum Gasteiger partial charge on any atom is -0.462 e. The molecule has 0 saturated carbocycles. The zero-order valence-electron chi connectivity index (χ0n) is 46.3. The summed E-state index contributed by atoms with van der Waals surface area (Å²) >= 11 is 0. The van der Waals surface area contributed by atoms with E-state index in [2.05, 4.69) is 93.7 Å². The highest BCUT2D eigenvalue weighted by atomic mass is 16.6. The van der Waals surface area contributed by atoms with Gasteiger partial charge in [-0.3, -0.25) is 14.4 Å². The fourth-order valence-corrected chi connectivity index (χ4v) is 8.36. The molecule has 0 aliphatic heterocycles. The maximum Gasteiger partial charge on any atom is 0.306 e. The Morgan fingerprint density at radius 3 is 0.843 bits per heavy atom. The van der Waals surface area contributed by atoms with E-state index in [1.54, 1.807) is 0 Å². The molecular weight excluding hydrogens is 865 g/mol. The van der Waals surface area contributed by atoms with Crippen LogP contribution in [0.3, 0.4) is 0 Å². The lowest BCUT2D eigenvalue weighted by atomic mass is 10.1. The number of carbonyl (C=O) groups is 3. The number of unbranched alkanes of at least 4 members (excludes halogenated alkanes) is 31. The number of ether oxygens (including phenoxy) is 3. The number of carbonyl (C=O) groups excluding carboxylic acids is 3. The summed E-state index contributed by atoms with van der Waals surface area (Å²) in [6.07, 6.45) is 74.7. The molecule has 0 bridgehead atoms. The Morgan fingerprint density at radius 2 is 0.514 bits per heavy atom. The van der Waals surface area contributed by atoms with E-state index in [1.165, 1.54) is 154 Å². The molecule has 404 valence electrons. The van der Waals surface area contributed by atoms with Gasteiger partial charge in [0.1, 0.15) is 13.2 Å². The summed E-state index contributed by atoms with van der Waals surface area (Å²) < 4.78 is 16.8. The third-order valence-electron chi connectivity index (χ3n) is 12.9. The van der Waals surface area contributed by atoms with Crippen LogP contribution in [0.25, 0.3) is 0 Å². The van der Waals surface area contributed by atoms with Crippen LogP contribution in [0, 0.1) is 0 Å². The van der Waals surface area contributed by atoms with E-state index in [9.17, 15) is 14.4 Å². The molecule has 0 radical (unpaired) electrons. The highest BCUT2D eigenvalue weighted by molar-refractivity contribution is 5.71. The van der Waals surface area contributed by atoms with Gasteiger partial charge in [-0.25, -0.2) is 0 Å². The summed E-state index contributed by atoms with van der Waals surface area (Å²) in [4.78, 5) is 38.1. The zero-order chi connectivity index (χ0) is 50.7. The third-order valence-corrected chi connectivity index (χ3v) is 12.9. The molecule has 0 heterocycles. The molecule has 0 aromatic heterocycles. The first-order valence-corrected chi connectivity index (χ1v) is 29.9. The molecule has 70 heavy (non-hydrogen) atoms. The van der Waals surface area contributed by atoms with Gasteiger partial charge in [0.2, 0.25) is 0 Å². The summed E-state index contributed by atoms with van der Waals surface area (Å²) in [6.45, 7) is 6.57. The highest BCUT2D eigenvalue weighted by Gasteiger charge is 2.19. The van der Waals surface area contributed by atoms with Crippen molar-refractivity contribution in [2.24, 2.45) is 0 Å². The van der Waals surface area contributed by atoms with Crippen molar-refractivity contribution in [1.82, 2.24) is 0 Å². The van der Waals surface area contributed by atoms with Gasteiger partial charge in [-0.2, -0.15) is 0 Å². The van der Waals surface area contributed by atoms with Crippen LogP contribution in [-0.4, -0.2) is 37.2 Å². The van der Waals surface area contributed by atoms with E-state index in [-0.39, 0.29) is 31.1 Å². The predicted molar refractivity (Wildman–Crippen MR) is 302 cm³/mol. The van der Waals surface area contributed by atoms with Gasteiger partial charge in [-0.05, 0) is 116 Å². The highest BCUT2D eigenvalue weighted by Crippen LogP contribution is 2.15. The van der Waals surface area contributed by atoms with Crippen LogP contribution in [0.5, 0.6) is 0 Å². The van der Waals surface area contributed by atoms with Crippen LogP contribution in [-0.2, 0) is 28.6 Å². The Labute approximate surface area is 433 Å². The van der Waals surface area contributed by atoms with Crippen LogP contribution < -0.4 is 0 Å². The summed E-state index contributed by atoms with van der Waals surface area (Å²) in [6, 6.07) is 0. The quantitative estimate of drug-likeness (QED) is 0.0261. The molecule has 0 rings (SSSR count). The van der Waals surface area contributed by atoms with Crippen molar-refractivity contribution in [1.29, 1.82) is 0 Å². The first-order valence-electron chi connectivity index (χ1n) is 29.9. The van der Waals surface area contributed by atoms with E-state index in [0.29, 0.717) is 19.3 Å². The van der Waals surface area contributed by atoms with Gasteiger partial charge in [-0.1, -0.05) is 235 Å². The number of esters is 3. The lowest BCUT2D eigenvalue weighted by molar-refractivity contribution is -0.167. The Kier molecular flexibility index (Phi) is 55.8. The molecule has 0 spiro atoms. The number of allylic oxidation sites excluding steroid dienone is 12. The topological polar surface area (TPSA) is 78.9 Å². The molecule has 6 heteroatoms. The van der Waals surface area contributed by atoms with Crippen LogP contribution in [0.2, 0.25) is 0 Å². The maximum absolute atomic E-state index is 12.8. The van der Waals surface area contributed by atoms with Crippen LogP contribution in [0.4, 0.5) is 0 Å². The molecule has 0 fully saturated rings. The minimum atomic E-state index is -0.788. The van der Waals surface area contributed by atoms with Gasteiger partial charge >= 0.3 is 17.9 Å². The molecular formula is C64H112O6. The largest absolute Gasteiger partial charge is 0.462 e. The van der Waals surface area contributed by atoms with E-state index in [4.69, 9.17) is 14.2 Å². The first kappa shape index (κ1) is 66.9. The van der Waals surface area contributed by atoms with Gasteiger partial charge in [0, 0.05) is 19.3 Å². The van der Waals surface area contributed by atoms with E-state index >= 15 is 0 Å². The van der Waals surface area contributed by atoms with Crippen molar-refractivity contribution in [2.75, 3.05) is 13.2 Å². The average molecular weight is 978 g/mol. The molecule has 0 amide bonds. The summed E-state index contributed by atoms with van der Waals surface area (Å²) in [7, 11) is 0. The molecule has 0 aliphatic rings. The number of hydrogen-bond acceptors (Lipinski definition) is 6. The zero-order valence-corrected chi connectivity index (χ0v) is 46.3. The average Bonchev–Trinajstić information content (AvgIpc) is 3.36.